The summed E-state index contributed by atoms with van der Waals surface area (Å²) >= 11 is 0. The van der Waals surface area contributed by atoms with E-state index in [0.717, 1.165) is 25.0 Å². The Balaban J connectivity index is 1.51. The summed E-state index contributed by atoms with van der Waals surface area (Å²) in [5, 5.41) is 0. The molecule has 0 N–H and O–H groups in total. The van der Waals surface area contributed by atoms with Gasteiger partial charge in [0, 0.05) is 38.8 Å². The van der Waals surface area contributed by atoms with Gasteiger partial charge >= 0.3 is 0 Å². The molecule has 0 spiro atoms. The van der Waals surface area contributed by atoms with Crippen LogP contribution in [0.3, 0.4) is 0 Å². The second-order valence-corrected chi connectivity index (χ2v) is 6.96. The molecule has 0 amide bonds. The standard InChI is InChI=1S/C16H32N2O/c1-13(2)15-11-17(12-15)9-10-19-16-5-7-18(8-6-16)14(3)4/h13-16H,5-12H2,1-4H3. The average molecular weight is 268 g/mol. The summed E-state index contributed by atoms with van der Waals surface area (Å²) in [4.78, 5) is 5.09. The van der Waals surface area contributed by atoms with Crippen molar-refractivity contribution in [2.75, 3.05) is 39.3 Å². The van der Waals surface area contributed by atoms with Gasteiger partial charge in [-0.1, -0.05) is 13.8 Å². The third kappa shape index (κ3) is 4.44. The highest BCUT2D eigenvalue weighted by Crippen LogP contribution is 2.23. The van der Waals surface area contributed by atoms with Gasteiger partial charge in [0.1, 0.15) is 0 Å². The van der Waals surface area contributed by atoms with E-state index in [2.05, 4.69) is 37.5 Å². The van der Waals surface area contributed by atoms with Gasteiger partial charge in [-0.3, -0.25) is 0 Å². The predicted molar refractivity (Wildman–Crippen MR) is 80.5 cm³/mol. The van der Waals surface area contributed by atoms with E-state index < -0.39 is 0 Å². The van der Waals surface area contributed by atoms with Crippen LogP contribution in [0.4, 0.5) is 0 Å². The van der Waals surface area contributed by atoms with Crippen LogP contribution in [-0.4, -0.2) is 61.3 Å². The van der Waals surface area contributed by atoms with Gasteiger partial charge in [0.25, 0.3) is 0 Å². The van der Waals surface area contributed by atoms with Gasteiger partial charge in [0.2, 0.25) is 0 Å². The lowest BCUT2D eigenvalue weighted by molar-refractivity contribution is -0.0244. The molecule has 0 atom stereocenters. The maximum absolute atomic E-state index is 6.04. The zero-order chi connectivity index (χ0) is 13.8. The van der Waals surface area contributed by atoms with Crippen LogP contribution in [0.15, 0.2) is 0 Å². The van der Waals surface area contributed by atoms with Crippen molar-refractivity contribution in [3.8, 4) is 0 Å². The molecule has 3 nitrogen and oxygen atoms in total. The molecule has 2 fully saturated rings. The summed E-state index contributed by atoms with van der Waals surface area (Å²) in [6, 6.07) is 0.690. The molecule has 0 unspecified atom stereocenters. The minimum absolute atomic E-state index is 0.511. The highest BCUT2D eigenvalue weighted by molar-refractivity contribution is 4.81. The van der Waals surface area contributed by atoms with Crippen molar-refractivity contribution in [2.45, 2.75) is 52.7 Å². The molecular weight excluding hydrogens is 236 g/mol. The molecule has 2 saturated heterocycles. The van der Waals surface area contributed by atoms with E-state index in [1.54, 1.807) is 0 Å². The summed E-state index contributed by atoms with van der Waals surface area (Å²) in [6.07, 6.45) is 2.94. The van der Waals surface area contributed by atoms with Crippen molar-refractivity contribution in [1.82, 2.24) is 9.80 Å². The summed E-state index contributed by atoms with van der Waals surface area (Å²) in [7, 11) is 0. The number of ether oxygens (including phenoxy) is 1. The van der Waals surface area contributed by atoms with Crippen LogP contribution in [0.1, 0.15) is 40.5 Å². The Morgan fingerprint density at radius 1 is 1.05 bits per heavy atom. The van der Waals surface area contributed by atoms with E-state index in [4.69, 9.17) is 4.74 Å². The van der Waals surface area contributed by atoms with Gasteiger partial charge in [-0.2, -0.15) is 0 Å². The Bertz CT molecular complexity index is 253. The number of nitrogens with zero attached hydrogens (tertiary/aromatic N) is 2. The quantitative estimate of drug-likeness (QED) is 0.736. The largest absolute Gasteiger partial charge is 0.377 e. The van der Waals surface area contributed by atoms with E-state index in [0.29, 0.717) is 12.1 Å². The molecular formula is C16H32N2O. The number of hydrogen-bond acceptors (Lipinski definition) is 3. The second-order valence-electron chi connectivity index (χ2n) is 6.96. The van der Waals surface area contributed by atoms with Gasteiger partial charge in [-0.15, -0.1) is 0 Å². The smallest absolute Gasteiger partial charge is 0.0600 e. The molecule has 0 bridgehead atoms. The Labute approximate surface area is 119 Å². The fraction of sp³-hybridized carbons (Fsp3) is 1.00. The molecule has 0 aromatic rings. The predicted octanol–water partition coefficient (Wildman–Crippen LogP) is 2.46. The maximum atomic E-state index is 6.04. The lowest BCUT2D eigenvalue weighted by Gasteiger charge is -2.42. The first-order chi connectivity index (χ1) is 9.06. The Hall–Kier alpha value is -0.120. The molecule has 0 saturated carbocycles. The molecule has 3 heteroatoms. The molecule has 2 heterocycles. The maximum Gasteiger partial charge on any atom is 0.0600 e. The Morgan fingerprint density at radius 3 is 2.21 bits per heavy atom. The minimum atomic E-state index is 0.511. The van der Waals surface area contributed by atoms with Crippen LogP contribution in [0.5, 0.6) is 0 Å². The fourth-order valence-electron chi connectivity index (χ4n) is 3.12. The summed E-state index contributed by atoms with van der Waals surface area (Å²) in [5.41, 5.74) is 0. The normalized spacial score (nSPS) is 24.3. The summed E-state index contributed by atoms with van der Waals surface area (Å²) in [6.45, 7) is 16.3. The summed E-state index contributed by atoms with van der Waals surface area (Å²) in [5.74, 6) is 1.77. The van der Waals surface area contributed by atoms with Gasteiger partial charge < -0.3 is 14.5 Å². The second kappa shape index (κ2) is 7.05. The third-order valence-corrected chi connectivity index (χ3v) is 4.90. The zero-order valence-corrected chi connectivity index (χ0v) is 13.3. The SMILES string of the molecule is CC(C)C1CN(CCOC2CCN(C(C)C)CC2)C1. The highest BCUT2D eigenvalue weighted by Gasteiger charge is 2.28. The highest BCUT2D eigenvalue weighted by atomic mass is 16.5. The monoisotopic (exact) mass is 268 g/mol. The first kappa shape index (κ1) is 15.3. The molecule has 2 aliphatic rings. The molecule has 0 aliphatic carbocycles. The fourth-order valence-corrected chi connectivity index (χ4v) is 3.12. The van der Waals surface area contributed by atoms with E-state index in [1.165, 1.54) is 39.0 Å². The summed E-state index contributed by atoms with van der Waals surface area (Å²) < 4.78 is 6.04. The zero-order valence-electron chi connectivity index (χ0n) is 13.3. The first-order valence-electron chi connectivity index (χ1n) is 8.14. The van der Waals surface area contributed by atoms with Crippen molar-refractivity contribution >= 4 is 0 Å². The van der Waals surface area contributed by atoms with Crippen molar-refractivity contribution in [2.24, 2.45) is 11.8 Å². The lowest BCUT2D eigenvalue weighted by atomic mass is 9.88. The number of hydrogen-bond donors (Lipinski definition) is 0. The van der Waals surface area contributed by atoms with E-state index in [9.17, 15) is 0 Å². The molecule has 0 radical (unpaired) electrons. The van der Waals surface area contributed by atoms with Crippen molar-refractivity contribution in [3.63, 3.8) is 0 Å². The van der Waals surface area contributed by atoms with Crippen LogP contribution >= 0.6 is 0 Å². The first-order valence-corrected chi connectivity index (χ1v) is 8.14. The molecule has 112 valence electrons. The van der Waals surface area contributed by atoms with Crippen LogP contribution in [0, 0.1) is 11.8 Å². The van der Waals surface area contributed by atoms with E-state index in [1.807, 2.05) is 0 Å². The van der Waals surface area contributed by atoms with E-state index >= 15 is 0 Å². The number of likely N-dealkylation sites (tertiary alicyclic amines) is 2. The molecule has 2 aliphatic heterocycles. The van der Waals surface area contributed by atoms with Crippen LogP contribution < -0.4 is 0 Å². The Morgan fingerprint density at radius 2 is 1.68 bits per heavy atom. The Kier molecular flexibility index (Phi) is 5.67. The molecule has 0 aromatic carbocycles. The van der Waals surface area contributed by atoms with Crippen LogP contribution in [0.2, 0.25) is 0 Å². The van der Waals surface area contributed by atoms with Gasteiger partial charge in [0.15, 0.2) is 0 Å². The van der Waals surface area contributed by atoms with Crippen molar-refractivity contribution in [1.29, 1.82) is 0 Å². The lowest BCUT2D eigenvalue weighted by Crippen LogP contribution is -2.50. The third-order valence-electron chi connectivity index (χ3n) is 4.90. The van der Waals surface area contributed by atoms with E-state index in [-0.39, 0.29) is 0 Å². The molecule has 0 aromatic heterocycles. The van der Waals surface area contributed by atoms with Gasteiger partial charge in [-0.25, -0.2) is 0 Å². The number of piperidine rings is 1. The van der Waals surface area contributed by atoms with Gasteiger partial charge in [-0.05, 0) is 38.5 Å². The van der Waals surface area contributed by atoms with Crippen LogP contribution in [0.25, 0.3) is 0 Å². The van der Waals surface area contributed by atoms with Crippen LogP contribution in [-0.2, 0) is 4.74 Å². The number of rotatable bonds is 6. The van der Waals surface area contributed by atoms with Crippen molar-refractivity contribution < 1.29 is 4.74 Å². The minimum Gasteiger partial charge on any atom is -0.377 e. The van der Waals surface area contributed by atoms with Gasteiger partial charge in [0.05, 0.1) is 12.7 Å². The topological polar surface area (TPSA) is 15.7 Å². The average Bonchev–Trinajstić information content (AvgIpc) is 2.32. The van der Waals surface area contributed by atoms with Crippen molar-refractivity contribution in [3.05, 3.63) is 0 Å². The molecule has 19 heavy (non-hydrogen) atoms. The molecule has 2 rings (SSSR count).